The molecule has 1 aromatic rings. The lowest BCUT2D eigenvalue weighted by atomic mass is 9.79. The largest absolute Gasteiger partial charge is 0.504 e. The molecule has 22 heteroatoms. The van der Waals surface area contributed by atoms with Crippen LogP contribution in [0.15, 0.2) is 107 Å². The van der Waals surface area contributed by atoms with Crippen molar-refractivity contribution in [2.45, 2.75) is 126 Å². The van der Waals surface area contributed by atoms with Gasteiger partial charge in [0.25, 0.3) is 0 Å². The predicted octanol–water partition coefficient (Wildman–Crippen LogP) is -0.474. The number of benzene rings is 1. The lowest BCUT2D eigenvalue weighted by Crippen LogP contribution is -2.61. The number of carbonyl (C=O) groups is 4. The fraction of sp³-hybridized carbons (Fsp3) is 0.458. The van der Waals surface area contributed by atoms with Crippen molar-refractivity contribution in [3.05, 3.63) is 113 Å². The molecule has 0 aromatic heterocycles. The molecule has 22 nitrogen and oxygen atoms in total. The fourth-order valence-corrected chi connectivity index (χ4v) is 6.95. The van der Waals surface area contributed by atoms with Crippen molar-refractivity contribution in [3.63, 3.8) is 0 Å². The Bertz CT molecular complexity index is 2260. The van der Waals surface area contributed by atoms with Crippen LogP contribution in [0.4, 0.5) is 0 Å². The zero-order valence-electron chi connectivity index (χ0n) is 38.4. The van der Waals surface area contributed by atoms with Gasteiger partial charge in [-0.05, 0) is 51.5 Å². The number of aliphatic hydroxyl groups is 9. The molecular weight excluding hydrogens is 929 g/mol. The summed E-state index contributed by atoms with van der Waals surface area (Å²) in [5, 5.41) is 121. The standard InChI is InChI=1S/C48H60O22/c1-24(11-7-13-26(3)43(60)67-32-21-48(64,47(62)63)20-31(36(32)53)66-35(52)18-16-28-15-17-29(50)30(51)19-28)9-5-6-10-25(2)12-8-14-27(4)44(61)70-46-42(59)40(57)38(55)34(69-46)23-65-45-41(58)39(56)37(54)33(22-49)68-45/h5-19,31-34,36-42,45-46,49-51,53-59,64H,20-23H2,1-4H3,(H,62,63)/b6-5+,11-7+,12-8+,18-16+,24-9+,25-10+,26-13+,27-14+/t31-,32?,33?,34?,36-,37-,38-,39+,40+,41?,42?,45-,46+,48+/m1/s1. The van der Waals surface area contributed by atoms with Crippen LogP contribution in [0.3, 0.4) is 0 Å². The number of ether oxygens (including phenoxy) is 6. The van der Waals surface area contributed by atoms with Gasteiger partial charge in [-0.2, -0.15) is 0 Å². The average Bonchev–Trinajstić information content (AvgIpc) is 3.31. The summed E-state index contributed by atoms with van der Waals surface area (Å²) in [4.78, 5) is 50.3. The third kappa shape index (κ3) is 15.6. The molecule has 0 spiro atoms. The van der Waals surface area contributed by atoms with Gasteiger partial charge in [-0.25, -0.2) is 19.2 Å². The maximum absolute atomic E-state index is 13.0. The molecule has 70 heavy (non-hydrogen) atoms. The summed E-state index contributed by atoms with van der Waals surface area (Å²) < 4.78 is 32.0. The molecule has 2 aliphatic heterocycles. The number of hydrogen-bond donors (Lipinski definition) is 12. The van der Waals surface area contributed by atoms with Gasteiger partial charge < -0.3 is 89.7 Å². The maximum Gasteiger partial charge on any atom is 0.336 e. The molecule has 1 saturated carbocycles. The van der Waals surface area contributed by atoms with Crippen LogP contribution in [-0.4, -0.2) is 184 Å². The highest BCUT2D eigenvalue weighted by Gasteiger charge is 2.53. The Morgan fingerprint density at radius 1 is 0.629 bits per heavy atom. The molecule has 0 amide bonds. The molecule has 5 unspecified atom stereocenters. The van der Waals surface area contributed by atoms with Gasteiger partial charge in [0, 0.05) is 30.1 Å². The minimum Gasteiger partial charge on any atom is -0.504 e. The van der Waals surface area contributed by atoms with Crippen molar-refractivity contribution in [1.29, 1.82) is 0 Å². The minimum atomic E-state index is -2.51. The molecule has 2 saturated heterocycles. The van der Waals surface area contributed by atoms with E-state index in [0.717, 1.165) is 23.3 Å². The second-order valence-corrected chi connectivity index (χ2v) is 16.8. The predicted molar refractivity (Wildman–Crippen MR) is 241 cm³/mol. The number of hydrogen-bond acceptors (Lipinski definition) is 21. The minimum absolute atomic E-state index is 0.0538. The van der Waals surface area contributed by atoms with Crippen LogP contribution in [-0.2, 0) is 47.6 Å². The van der Waals surface area contributed by atoms with Gasteiger partial charge in [-0.15, -0.1) is 0 Å². The summed E-state index contributed by atoms with van der Waals surface area (Å²) in [5.74, 6) is -5.42. The number of aromatic hydroxyl groups is 2. The lowest BCUT2D eigenvalue weighted by Gasteiger charge is -2.42. The van der Waals surface area contributed by atoms with E-state index in [-0.39, 0.29) is 16.9 Å². The fourth-order valence-electron chi connectivity index (χ4n) is 6.95. The number of carboxylic acids is 1. The summed E-state index contributed by atoms with van der Waals surface area (Å²) in [6, 6.07) is 3.74. The molecule has 2 heterocycles. The van der Waals surface area contributed by atoms with Gasteiger partial charge >= 0.3 is 23.9 Å². The summed E-state index contributed by atoms with van der Waals surface area (Å²) in [6.07, 6.45) is -4.49. The Balaban J connectivity index is 1.26. The molecule has 0 bridgehead atoms. The van der Waals surface area contributed by atoms with Gasteiger partial charge in [-0.1, -0.05) is 78.0 Å². The summed E-state index contributed by atoms with van der Waals surface area (Å²) in [6.45, 7) is 5.07. The molecule has 4 rings (SSSR count). The Labute approximate surface area is 401 Å². The number of aliphatic hydroxyl groups excluding tert-OH is 8. The topological polar surface area (TPSA) is 366 Å². The molecule has 3 fully saturated rings. The molecule has 384 valence electrons. The number of phenolic OH excluding ortho intramolecular Hbond substituents is 2. The first-order chi connectivity index (χ1) is 33.0. The number of phenols is 2. The van der Waals surface area contributed by atoms with E-state index in [1.54, 1.807) is 62.5 Å². The van der Waals surface area contributed by atoms with E-state index in [9.17, 15) is 80.5 Å². The van der Waals surface area contributed by atoms with E-state index < -0.39 is 141 Å². The van der Waals surface area contributed by atoms with Crippen LogP contribution in [0.2, 0.25) is 0 Å². The van der Waals surface area contributed by atoms with Gasteiger partial charge in [0.15, 0.2) is 23.4 Å². The quantitative estimate of drug-likeness (QED) is 0.0291. The first kappa shape index (κ1) is 56.7. The van der Waals surface area contributed by atoms with E-state index in [0.29, 0.717) is 5.56 Å². The van der Waals surface area contributed by atoms with Crippen LogP contribution in [0, 0.1) is 0 Å². The van der Waals surface area contributed by atoms with Gasteiger partial charge in [-0.3, -0.25) is 0 Å². The average molecular weight is 989 g/mol. The highest BCUT2D eigenvalue weighted by molar-refractivity contribution is 5.89. The molecule has 14 atom stereocenters. The highest BCUT2D eigenvalue weighted by Crippen LogP contribution is 2.34. The first-order valence-corrected chi connectivity index (χ1v) is 21.8. The van der Waals surface area contributed by atoms with Crippen LogP contribution < -0.4 is 0 Å². The molecule has 12 N–H and O–H groups in total. The number of allylic oxidation sites excluding steroid dienone is 12. The monoisotopic (exact) mass is 988 g/mol. The molecular formula is C48H60O22. The van der Waals surface area contributed by atoms with Gasteiger partial charge in [0.05, 0.1) is 13.2 Å². The van der Waals surface area contributed by atoms with Crippen molar-refractivity contribution in [2.75, 3.05) is 13.2 Å². The van der Waals surface area contributed by atoms with Crippen LogP contribution in [0.1, 0.15) is 46.1 Å². The SMILES string of the molecule is CC(/C=C/C=C(\C)C(=O)OC1C[C@](O)(C(=O)O)C[C@@H](OC(=O)/C=C/c2ccc(O)c(O)c2)[C@H]1O)=C\C=C\C=C(C)\C=C\C=C(/C)C(=O)O[C@@H]1OC(CO[C@@H]2OC(CO)[C@@H](O)[C@H](O)C2O)[C@@H](O)[C@H](O)C1O. The summed E-state index contributed by atoms with van der Waals surface area (Å²) in [7, 11) is 0. The Hall–Kier alpha value is -5.86. The maximum atomic E-state index is 13.0. The van der Waals surface area contributed by atoms with Crippen molar-refractivity contribution in [1.82, 2.24) is 0 Å². The zero-order valence-corrected chi connectivity index (χ0v) is 38.4. The van der Waals surface area contributed by atoms with Crippen molar-refractivity contribution >= 4 is 30.0 Å². The van der Waals surface area contributed by atoms with E-state index in [1.165, 1.54) is 44.2 Å². The van der Waals surface area contributed by atoms with Gasteiger partial charge in [0.1, 0.15) is 67.1 Å². The Morgan fingerprint density at radius 2 is 1.14 bits per heavy atom. The number of carboxylic acid groups (broad SMARTS) is 1. The number of aliphatic carboxylic acids is 1. The van der Waals surface area contributed by atoms with E-state index in [2.05, 4.69) is 0 Å². The van der Waals surface area contributed by atoms with E-state index >= 15 is 0 Å². The third-order valence-corrected chi connectivity index (χ3v) is 11.2. The lowest BCUT2D eigenvalue weighted by molar-refractivity contribution is -0.326. The first-order valence-electron chi connectivity index (χ1n) is 21.8. The van der Waals surface area contributed by atoms with Crippen molar-refractivity contribution in [3.8, 4) is 11.5 Å². The molecule has 3 aliphatic rings. The van der Waals surface area contributed by atoms with Crippen molar-refractivity contribution in [2.24, 2.45) is 0 Å². The third-order valence-electron chi connectivity index (χ3n) is 11.2. The van der Waals surface area contributed by atoms with Crippen LogP contribution >= 0.6 is 0 Å². The van der Waals surface area contributed by atoms with Crippen LogP contribution in [0.5, 0.6) is 11.5 Å². The normalized spacial score (nSPS) is 32.7. The summed E-state index contributed by atoms with van der Waals surface area (Å²) >= 11 is 0. The second kappa shape index (κ2) is 25.8. The molecule has 1 aromatic carbocycles. The molecule has 1 aliphatic carbocycles. The number of carbonyl (C=O) groups excluding carboxylic acids is 3. The zero-order chi connectivity index (χ0) is 52.0. The summed E-state index contributed by atoms with van der Waals surface area (Å²) in [5.41, 5.74) is -0.576. The Morgan fingerprint density at radius 3 is 1.69 bits per heavy atom. The Kier molecular flexibility index (Phi) is 20.9. The van der Waals surface area contributed by atoms with Gasteiger partial charge in [0.2, 0.25) is 6.29 Å². The van der Waals surface area contributed by atoms with E-state index in [1.807, 2.05) is 0 Å². The van der Waals surface area contributed by atoms with E-state index in [4.69, 9.17) is 28.4 Å². The second-order valence-electron chi connectivity index (χ2n) is 16.8. The van der Waals surface area contributed by atoms with Crippen molar-refractivity contribution < 1.29 is 109 Å². The number of rotatable bonds is 18. The number of esters is 3. The smallest absolute Gasteiger partial charge is 0.336 e. The van der Waals surface area contributed by atoms with Crippen LogP contribution in [0.25, 0.3) is 6.08 Å². The highest BCUT2D eigenvalue weighted by atomic mass is 16.7. The molecule has 0 radical (unpaired) electrons.